The topological polar surface area (TPSA) is 26.3 Å². The van der Waals surface area contributed by atoms with E-state index in [4.69, 9.17) is 4.74 Å². The third-order valence-electron chi connectivity index (χ3n) is 3.25. The molecular formula is C19H16F2O2. The minimum Gasteiger partial charge on any atom is -0.420 e. The highest BCUT2D eigenvalue weighted by Gasteiger charge is 2.12. The van der Waals surface area contributed by atoms with Crippen molar-refractivity contribution in [1.29, 1.82) is 0 Å². The van der Waals surface area contributed by atoms with E-state index in [0.29, 0.717) is 22.3 Å². The Labute approximate surface area is 133 Å². The fraction of sp³-hybridized carbons (Fsp3) is 0.105. The fourth-order valence-corrected chi connectivity index (χ4v) is 1.99. The summed E-state index contributed by atoms with van der Waals surface area (Å²) in [5.74, 6) is -2.02. The minimum absolute atomic E-state index is 0.172. The molecule has 0 atom stereocenters. The van der Waals surface area contributed by atoms with Crippen LogP contribution in [0.4, 0.5) is 8.78 Å². The van der Waals surface area contributed by atoms with Crippen molar-refractivity contribution in [1.82, 2.24) is 0 Å². The first-order chi connectivity index (χ1) is 10.8. The lowest BCUT2D eigenvalue weighted by atomic mass is 10.0. The van der Waals surface area contributed by atoms with Crippen LogP contribution in [0.1, 0.15) is 19.4 Å². The Morgan fingerprint density at radius 3 is 2.00 bits per heavy atom. The molecular weight excluding hydrogens is 298 g/mol. The molecule has 0 aromatic heterocycles. The van der Waals surface area contributed by atoms with E-state index in [1.807, 2.05) is 0 Å². The lowest BCUT2D eigenvalue weighted by Gasteiger charge is -2.09. The molecule has 0 fully saturated rings. The Balaban J connectivity index is 2.33. The van der Waals surface area contributed by atoms with Crippen molar-refractivity contribution < 1.29 is 18.3 Å². The maximum Gasteiger partial charge on any atom is 0.338 e. The summed E-state index contributed by atoms with van der Waals surface area (Å²) in [6, 6.07) is 8.67. The average molecular weight is 314 g/mol. The molecule has 0 aliphatic heterocycles. The number of benzene rings is 2. The maximum atomic E-state index is 14.1. The molecule has 4 heteroatoms. The number of rotatable bonds is 4. The molecule has 0 spiro atoms. The number of halogens is 2. The number of carbonyl (C=O) groups is 1. The molecule has 0 heterocycles. The van der Waals surface area contributed by atoms with E-state index in [-0.39, 0.29) is 11.3 Å². The number of ether oxygens (including phenoxy) is 1. The zero-order valence-corrected chi connectivity index (χ0v) is 13.0. The normalized spacial score (nSPS) is 10.3. The molecule has 2 aromatic rings. The lowest BCUT2D eigenvalue weighted by molar-refractivity contribution is -0.130. The van der Waals surface area contributed by atoms with Crippen LogP contribution in [0, 0.1) is 11.6 Å². The molecule has 0 aliphatic carbocycles. The SMILES string of the molecule is C=C(C)C(=O)Oc1ccc(-c2ccc(C(=C)C)c(F)c2)cc1F. The third-order valence-corrected chi connectivity index (χ3v) is 3.25. The Morgan fingerprint density at radius 1 is 0.957 bits per heavy atom. The van der Waals surface area contributed by atoms with Crippen LogP contribution in [0.15, 0.2) is 55.1 Å². The van der Waals surface area contributed by atoms with Gasteiger partial charge in [0.05, 0.1) is 0 Å². The quantitative estimate of drug-likeness (QED) is 0.443. The summed E-state index contributed by atoms with van der Waals surface area (Å²) >= 11 is 0. The highest BCUT2D eigenvalue weighted by atomic mass is 19.1. The smallest absolute Gasteiger partial charge is 0.338 e. The van der Waals surface area contributed by atoms with E-state index >= 15 is 0 Å². The molecule has 0 aliphatic rings. The summed E-state index contributed by atoms with van der Waals surface area (Å²) in [6.45, 7) is 10.3. The Hall–Kier alpha value is -2.75. The average Bonchev–Trinajstić information content (AvgIpc) is 2.48. The number of hydrogen-bond donors (Lipinski definition) is 0. The second kappa shape index (κ2) is 6.57. The van der Waals surface area contributed by atoms with Crippen molar-refractivity contribution in [2.24, 2.45) is 0 Å². The molecule has 0 saturated heterocycles. The summed E-state index contributed by atoms with van der Waals surface area (Å²) in [5.41, 5.74) is 2.20. The largest absolute Gasteiger partial charge is 0.420 e. The van der Waals surface area contributed by atoms with Crippen molar-refractivity contribution in [2.75, 3.05) is 0 Å². The zero-order chi connectivity index (χ0) is 17.1. The van der Waals surface area contributed by atoms with Gasteiger partial charge < -0.3 is 4.74 Å². The van der Waals surface area contributed by atoms with Crippen molar-refractivity contribution >= 4 is 11.5 Å². The molecule has 0 bridgehead atoms. The van der Waals surface area contributed by atoms with Crippen LogP contribution in [-0.2, 0) is 4.79 Å². The van der Waals surface area contributed by atoms with Crippen molar-refractivity contribution in [3.8, 4) is 16.9 Å². The highest BCUT2D eigenvalue weighted by Crippen LogP contribution is 2.28. The van der Waals surface area contributed by atoms with Crippen LogP contribution < -0.4 is 4.74 Å². The van der Waals surface area contributed by atoms with Crippen LogP contribution in [0.25, 0.3) is 16.7 Å². The number of allylic oxidation sites excluding steroid dienone is 1. The molecule has 2 nitrogen and oxygen atoms in total. The van der Waals surface area contributed by atoms with Gasteiger partial charge in [-0.15, -0.1) is 0 Å². The first kappa shape index (κ1) is 16.6. The summed E-state index contributed by atoms with van der Waals surface area (Å²) in [6.07, 6.45) is 0. The van der Waals surface area contributed by atoms with Gasteiger partial charge in [-0.3, -0.25) is 0 Å². The van der Waals surface area contributed by atoms with E-state index in [0.717, 1.165) is 0 Å². The molecule has 0 N–H and O–H groups in total. The molecule has 0 amide bonds. The molecule has 2 aromatic carbocycles. The van der Waals surface area contributed by atoms with Gasteiger partial charge in [-0.05, 0) is 48.7 Å². The monoisotopic (exact) mass is 314 g/mol. The number of carbonyl (C=O) groups excluding carboxylic acids is 1. The van der Waals surface area contributed by atoms with E-state index < -0.39 is 17.6 Å². The van der Waals surface area contributed by atoms with Gasteiger partial charge in [0.25, 0.3) is 0 Å². The van der Waals surface area contributed by atoms with Crippen molar-refractivity contribution in [2.45, 2.75) is 13.8 Å². The Bertz CT molecular complexity index is 807. The van der Waals surface area contributed by atoms with E-state index in [2.05, 4.69) is 13.2 Å². The molecule has 0 unspecified atom stereocenters. The van der Waals surface area contributed by atoms with Gasteiger partial charge in [-0.1, -0.05) is 31.4 Å². The van der Waals surface area contributed by atoms with Crippen LogP contribution in [0.5, 0.6) is 5.75 Å². The lowest BCUT2D eigenvalue weighted by Crippen LogP contribution is -2.09. The third kappa shape index (κ3) is 3.72. The van der Waals surface area contributed by atoms with Gasteiger partial charge in [0.2, 0.25) is 0 Å². The molecule has 0 radical (unpaired) electrons. The van der Waals surface area contributed by atoms with Crippen LogP contribution in [0.2, 0.25) is 0 Å². The minimum atomic E-state index is -0.707. The van der Waals surface area contributed by atoms with Gasteiger partial charge >= 0.3 is 5.97 Å². The van der Waals surface area contributed by atoms with Gasteiger partial charge in [0.1, 0.15) is 5.82 Å². The first-order valence-electron chi connectivity index (χ1n) is 6.92. The first-order valence-corrected chi connectivity index (χ1v) is 6.92. The van der Waals surface area contributed by atoms with Crippen molar-refractivity contribution in [3.63, 3.8) is 0 Å². The molecule has 23 heavy (non-hydrogen) atoms. The summed E-state index contributed by atoms with van der Waals surface area (Å²) in [7, 11) is 0. The van der Waals surface area contributed by atoms with E-state index in [9.17, 15) is 13.6 Å². The Kier molecular flexibility index (Phi) is 4.74. The van der Waals surface area contributed by atoms with Crippen molar-refractivity contribution in [3.05, 3.63) is 72.3 Å². The van der Waals surface area contributed by atoms with Gasteiger partial charge in [0.15, 0.2) is 11.6 Å². The molecule has 2 rings (SSSR count). The molecule has 0 saturated carbocycles. The Morgan fingerprint density at radius 2 is 1.52 bits per heavy atom. The summed E-state index contributed by atoms with van der Waals surface area (Å²) in [4.78, 5) is 11.4. The van der Waals surface area contributed by atoms with E-state index in [1.54, 1.807) is 25.1 Å². The van der Waals surface area contributed by atoms with Crippen LogP contribution in [-0.4, -0.2) is 5.97 Å². The van der Waals surface area contributed by atoms with E-state index in [1.165, 1.54) is 25.1 Å². The summed E-state index contributed by atoms with van der Waals surface area (Å²) < 4.78 is 32.9. The maximum absolute atomic E-state index is 14.1. The van der Waals surface area contributed by atoms with Gasteiger partial charge in [-0.25, -0.2) is 13.6 Å². The fourth-order valence-electron chi connectivity index (χ4n) is 1.99. The predicted octanol–water partition coefficient (Wildman–Crippen LogP) is 5.15. The highest BCUT2D eigenvalue weighted by molar-refractivity contribution is 5.88. The second-order valence-corrected chi connectivity index (χ2v) is 5.29. The number of hydrogen-bond acceptors (Lipinski definition) is 2. The standard InChI is InChI=1S/C19H16F2O2/c1-11(2)15-7-5-13(9-16(15)20)14-6-8-18(17(21)10-14)23-19(22)12(3)4/h5-10H,1,3H2,2,4H3. The predicted molar refractivity (Wildman–Crippen MR) is 87.0 cm³/mol. The second-order valence-electron chi connectivity index (χ2n) is 5.29. The van der Waals surface area contributed by atoms with Crippen LogP contribution >= 0.6 is 0 Å². The summed E-state index contributed by atoms with van der Waals surface area (Å²) in [5, 5.41) is 0. The molecule has 118 valence electrons. The van der Waals surface area contributed by atoms with Crippen LogP contribution in [0.3, 0.4) is 0 Å². The van der Waals surface area contributed by atoms with Gasteiger partial charge in [-0.2, -0.15) is 0 Å². The zero-order valence-electron chi connectivity index (χ0n) is 13.0. The number of esters is 1. The van der Waals surface area contributed by atoms with Gasteiger partial charge in [0, 0.05) is 11.1 Å².